The fraction of sp³-hybridized carbons (Fsp3) is 0.667. The maximum Gasteiger partial charge on any atom is 0.330 e. The summed E-state index contributed by atoms with van der Waals surface area (Å²) in [5.41, 5.74) is 0.0491. The summed E-state index contributed by atoms with van der Waals surface area (Å²) in [5.74, 6) is -1.24. The van der Waals surface area contributed by atoms with Crippen molar-refractivity contribution >= 4 is 5.97 Å². The van der Waals surface area contributed by atoms with Gasteiger partial charge in [-0.3, -0.25) is 0 Å². The van der Waals surface area contributed by atoms with Gasteiger partial charge in [0.25, 0.3) is 0 Å². The number of hydrogen-bond donors (Lipinski definition) is 1. The van der Waals surface area contributed by atoms with Crippen LogP contribution < -0.4 is 5.11 Å². The van der Waals surface area contributed by atoms with Crippen LogP contribution in [0.5, 0.6) is 0 Å². The van der Waals surface area contributed by atoms with Gasteiger partial charge in [-0.15, -0.1) is 5.76 Å². The molecule has 0 atom stereocenters. The molecular weight excluding hydrogens is 156 g/mol. The first-order valence-electron chi connectivity index (χ1n) is 4.05. The summed E-state index contributed by atoms with van der Waals surface area (Å²) in [7, 11) is 0. The Hall–Kier alpha value is -0.990. The lowest BCUT2D eigenvalue weighted by molar-refractivity contribution is -0.311. The van der Waals surface area contributed by atoms with E-state index in [-0.39, 0.29) is 16.7 Å². The Morgan fingerprint density at radius 1 is 1.58 bits per heavy atom. The summed E-state index contributed by atoms with van der Waals surface area (Å²) in [5, 5.41) is 19.8. The van der Waals surface area contributed by atoms with E-state index in [2.05, 4.69) is 0 Å². The van der Waals surface area contributed by atoms with Crippen molar-refractivity contribution in [3.05, 3.63) is 11.3 Å². The molecule has 0 unspecified atom stereocenters. The molecule has 1 aliphatic rings. The highest BCUT2D eigenvalue weighted by Gasteiger charge is 2.26. The first-order chi connectivity index (χ1) is 5.42. The minimum Gasteiger partial charge on any atom is -0.875 e. The quantitative estimate of drug-likeness (QED) is 0.634. The van der Waals surface area contributed by atoms with E-state index in [4.69, 9.17) is 5.11 Å². The van der Waals surface area contributed by atoms with Gasteiger partial charge in [-0.2, -0.15) is 0 Å². The Balaban J connectivity index is 2.89. The molecule has 0 aliphatic heterocycles. The van der Waals surface area contributed by atoms with Crippen LogP contribution in [0.4, 0.5) is 0 Å². The fourth-order valence-electron chi connectivity index (χ4n) is 1.46. The number of carboxylic acids is 1. The molecule has 1 rings (SSSR count). The largest absolute Gasteiger partial charge is 0.875 e. The molecule has 1 N–H and O–H groups in total. The van der Waals surface area contributed by atoms with Crippen LogP contribution in [0.3, 0.4) is 0 Å². The zero-order valence-corrected chi connectivity index (χ0v) is 7.39. The van der Waals surface area contributed by atoms with E-state index in [1.54, 1.807) is 0 Å². The summed E-state index contributed by atoms with van der Waals surface area (Å²) in [6.45, 7) is 3.98. The molecule has 0 saturated carbocycles. The average molecular weight is 169 g/mol. The van der Waals surface area contributed by atoms with E-state index in [9.17, 15) is 9.90 Å². The summed E-state index contributed by atoms with van der Waals surface area (Å²) in [6, 6.07) is 0. The second kappa shape index (κ2) is 2.81. The minimum atomic E-state index is -1.05. The van der Waals surface area contributed by atoms with E-state index in [0.717, 1.165) is 6.42 Å². The van der Waals surface area contributed by atoms with Gasteiger partial charge in [0, 0.05) is 5.57 Å². The standard InChI is InChI=1S/C9H14O3/c1-9(2)4-3-7(10)6(5-9)8(11)12/h10H,3-5H2,1-2H3,(H,11,12)/p-1. The van der Waals surface area contributed by atoms with Crippen LogP contribution in [-0.2, 0) is 4.79 Å². The first-order valence-corrected chi connectivity index (χ1v) is 4.05. The first kappa shape index (κ1) is 9.10. The highest BCUT2D eigenvalue weighted by atomic mass is 16.4. The lowest BCUT2D eigenvalue weighted by Crippen LogP contribution is -2.26. The molecule has 68 valence electrons. The lowest BCUT2D eigenvalue weighted by atomic mass is 9.76. The molecule has 0 saturated heterocycles. The van der Waals surface area contributed by atoms with E-state index in [1.165, 1.54) is 0 Å². The molecule has 3 nitrogen and oxygen atoms in total. The van der Waals surface area contributed by atoms with Crippen LogP contribution in [-0.4, -0.2) is 11.1 Å². The molecule has 0 spiro atoms. The molecule has 3 heteroatoms. The van der Waals surface area contributed by atoms with Gasteiger partial charge in [0.1, 0.15) is 0 Å². The van der Waals surface area contributed by atoms with Crippen LogP contribution in [0.15, 0.2) is 11.3 Å². The number of aliphatic carboxylic acids is 1. The summed E-state index contributed by atoms with van der Waals surface area (Å²) in [4.78, 5) is 10.6. The van der Waals surface area contributed by atoms with Crippen molar-refractivity contribution in [3.8, 4) is 0 Å². The Morgan fingerprint density at radius 3 is 2.58 bits per heavy atom. The van der Waals surface area contributed by atoms with Crippen LogP contribution in [0.2, 0.25) is 0 Å². The van der Waals surface area contributed by atoms with Crippen molar-refractivity contribution in [1.29, 1.82) is 0 Å². The van der Waals surface area contributed by atoms with E-state index < -0.39 is 5.97 Å². The number of hydrogen-bond acceptors (Lipinski definition) is 2. The van der Waals surface area contributed by atoms with Crippen molar-refractivity contribution in [1.82, 2.24) is 0 Å². The second-order valence-electron chi connectivity index (χ2n) is 4.05. The number of rotatable bonds is 1. The molecule has 0 amide bonds. The Morgan fingerprint density at radius 2 is 2.17 bits per heavy atom. The van der Waals surface area contributed by atoms with Gasteiger partial charge in [0.05, 0.1) is 0 Å². The zero-order chi connectivity index (χ0) is 9.35. The van der Waals surface area contributed by atoms with E-state index in [0.29, 0.717) is 12.8 Å². The summed E-state index contributed by atoms with van der Waals surface area (Å²) >= 11 is 0. The van der Waals surface area contributed by atoms with Gasteiger partial charge in [-0.1, -0.05) is 13.8 Å². The average Bonchev–Trinajstić information content (AvgIpc) is 1.94. The van der Waals surface area contributed by atoms with Gasteiger partial charge in [-0.25, -0.2) is 4.79 Å². The smallest absolute Gasteiger partial charge is 0.330 e. The molecule has 0 aromatic carbocycles. The molecule has 0 bridgehead atoms. The number of allylic oxidation sites excluding steroid dienone is 1. The molecule has 0 heterocycles. The summed E-state index contributed by atoms with van der Waals surface area (Å²) < 4.78 is 0. The van der Waals surface area contributed by atoms with Gasteiger partial charge >= 0.3 is 5.97 Å². The third-order valence-corrected chi connectivity index (χ3v) is 2.28. The normalized spacial score (nSPS) is 22.5. The van der Waals surface area contributed by atoms with Crippen molar-refractivity contribution in [2.75, 3.05) is 0 Å². The van der Waals surface area contributed by atoms with Crippen molar-refractivity contribution in [2.45, 2.75) is 33.1 Å². The summed E-state index contributed by atoms with van der Waals surface area (Å²) in [6.07, 6.45) is 1.58. The predicted octanol–water partition coefficient (Wildman–Crippen LogP) is 0.895. The second-order valence-corrected chi connectivity index (χ2v) is 4.05. The number of carboxylic acid groups (broad SMARTS) is 1. The maximum absolute atomic E-state index is 11.1. The maximum atomic E-state index is 11.1. The van der Waals surface area contributed by atoms with Crippen LogP contribution in [0.25, 0.3) is 0 Å². The topological polar surface area (TPSA) is 60.4 Å². The Bertz CT molecular complexity index is 238. The molecule has 0 aromatic rings. The van der Waals surface area contributed by atoms with E-state index in [1.807, 2.05) is 13.8 Å². The van der Waals surface area contributed by atoms with Crippen molar-refractivity contribution < 1.29 is 15.0 Å². The highest BCUT2D eigenvalue weighted by Crippen LogP contribution is 2.36. The van der Waals surface area contributed by atoms with Gasteiger partial charge in [0.2, 0.25) is 0 Å². The van der Waals surface area contributed by atoms with Crippen molar-refractivity contribution in [2.24, 2.45) is 5.41 Å². The van der Waals surface area contributed by atoms with Gasteiger partial charge < -0.3 is 10.2 Å². The van der Waals surface area contributed by atoms with E-state index >= 15 is 0 Å². The fourth-order valence-corrected chi connectivity index (χ4v) is 1.46. The van der Waals surface area contributed by atoms with Crippen LogP contribution in [0, 0.1) is 5.41 Å². The lowest BCUT2D eigenvalue weighted by Gasteiger charge is -2.33. The zero-order valence-electron chi connectivity index (χ0n) is 7.39. The third kappa shape index (κ3) is 1.78. The molecule has 12 heavy (non-hydrogen) atoms. The molecule has 1 aliphatic carbocycles. The monoisotopic (exact) mass is 169 g/mol. The molecule has 0 fully saturated rings. The third-order valence-electron chi connectivity index (χ3n) is 2.28. The Labute approximate surface area is 71.7 Å². The Kier molecular flexibility index (Phi) is 2.13. The van der Waals surface area contributed by atoms with Gasteiger partial charge in [-0.05, 0) is 24.7 Å². The molecular formula is C9H13O3-. The minimum absolute atomic E-state index is 0.0262. The molecule has 0 radical (unpaired) electrons. The predicted molar refractivity (Wildman–Crippen MR) is 42.3 cm³/mol. The van der Waals surface area contributed by atoms with Crippen LogP contribution in [0.1, 0.15) is 33.1 Å². The van der Waals surface area contributed by atoms with Gasteiger partial charge in [0.15, 0.2) is 0 Å². The SMILES string of the molecule is CC1(C)CCC([O-])=C(C(=O)O)C1. The van der Waals surface area contributed by atoms with Crippen molar-refractivity contribution in [3.63, 3.8) is 0 Å². The highest BCUT2D eigenvalue weighted by molar-refractivity contribution is 5.87. The van der Waals surface area contributed by atoms with Crippen LogP contribution >= 0.6 is 0 Å². The molecule has 0 aromatic heterocycles. The number of carbonyl (C=O) groups is 1.